The molecule has 1 saturated heterocycles. The van der Waals surface area contributed by atoms with Gasteiger partial charge in [-0.1, -0.05) is 18.2 Å². The average Bonchev–Trinajstić information content (AvgIpc) is 3.17. The zero-order valence-corrected chi connectivity index (χ0v) is 15.9. The van der Waals surface area contributed by atoms with Gasteiger partial charge in [-0.2, -0.15) is 0 Å². The fourth-order valence-corrected chi connectivity index (χ4v) is 3.67. The summed E-state index contributed by atoms with van der Waals surface area (Å²) in [7, 11) is 1.90. The third-order valence-electron chi connectivity index (χ3n) is 4.41. The first kappa shape index (κ1) is 18.0. The van der Waals surface area contributed by atoms with Crippen LogP contribution in [0, 0.1) is 6.92 Å². The number of fused-ring (bicyclic) bond motifs is 1. The summed E-state index contributed by atoms with van der Waals surface area (Å²) in [4.78, 5) is 33.0. The number of aliphatic imine (C=N–C) groups is 1. The number of rotatable bonds is 3. The van der Waals surface area contributed by atoms with Gasteiger partial charge in [0.15, 0.2) is 5.17 Å². The second-order valence-electron chi connectivity index (χ2n) is 6.31. The molecule has 7 nitrogen and oxygen atoms in total. The van der Waals surface area contributed by atoms with Crippen molar-refractivity contribution in [1.29, 1.82) is 0 Å². The van der Waals surface area contributed by atoms with Gasteiger partial charge in [0.25, 0.3) is 5.91 Å². The van der Waals surface area contributed by atoms with Gasteiger partial charge in [-0.05, 0) is 48.5 Å². The lowest BCUT2D eigenvalue weighted by molar-refractivity contribution is -0.115. The second-order valence-corrected chi connectivity index (χ2v) is 7.34. The van der Waals surface area contributed by atoms with Crippen molar-refractivity contribution in [2.24, 2.45) is 12.0 Å². The van der Waals surface area contributed by atoms with Gasteiger partial charge in [0.1, 0.15) is 5.82 Å². The number of aromatic nitrogens is 2. The lowest BCUT2D eigenvalue weighted by Crippen LogP contribution is -2.19. The number of carbonyl (C=O) groups excluding carboxylic acids is 1. The lowest BCUT2D eigenvalue weighted by atomic mass is 10.1. The van der Waals surface area contributed by atoms with Crippen molar-refractivity contribution in [3.63, 3.8) is 0 Å². The molecule has 2 N–H and O–H groups in total. The number of carbonyl (C=O) groups is 2. The fourth-order valence-electron chi connectivity index (χ4n) is 2.86. The van der Waals surface area contributed by atoms with Gasteiger partial charge in [0, 0.05) is 13.1 Å². The molecule has 140 valence electrons. The first-order valence-corrected chi connectivity index (χ1v) is 9.29. The van der Waals surface area contributed by atoms with E-state index in [-0.39, 0.29) is 11.5 Å². The van der Waals surface area contributed by atoms with Crippen molar-refractivity contribution in [1.82, 2.24) is 14.9 Å². The summed E-state index contributed by atoms with van der Waals surface area (Å²) in [6.45, 7) is 1.84. The van der Waals surface area contributed by atoms with Crippen LogP contribution in [-0.4, -0.2) is 31.7 Å². The van der Waals surface area contributed by atoms with E-state index in [2.05, 4.69) is 15.3 Å². The molecule has 0 saturated carbocycles. The summed E-state index contributed by atoms with van der Waals surface area (Å²) in [6, 6.07) is 12.5. The molecule has 0 atom stereocenters. The third kappa shape index (κ3) is 3.29. The first-order chi connectivity index (χ1) is 13.4. The largest absolute Gasteiger partial charge is 0.478 e. The maximum atomic E-state index is 12.4. The number of hydrogen-bond donors (Lipinski definition) is 2. The molecule has 4 rings (SSSR count). The summed E-state index contributed by atoms with van der Waals surface area (Å²) in [6.07, 6.45) is 1.73. The van der Waals surface area contributed by atoms with Crippen LogP contribution in [0.25, 0.3) is 17.1 Å². The zero-order chi connectivity index (χ0) is 19.8. The molecular formula is C20H16N4O3S. The highest BCUT2D eigenvalue weighted by molar-refractivity contribution is 8.18. The quantitative estimate of drug-likeness (QED) is 0.665. The number of imidazole rings is 1. The number of aromatic carboxylic acids is 1. The minimum Gasteiger partial charge on any atom is -0.478 e. The van der Waals surface area contributed by atoms with E-state index in [1.165, 1.54) is 23.9 Å². The monoisotopic (exact) mass is 392 g/mol. The predicted molar refractivity (Wildman–Crippen MR) is 110 cm³/mol. The van der Waals surface area contributed by atoms with Crippen LogP contribution in [0.4, 0.5) is 5.69 Å². The van der Waals surface area contributed by atoms with E-state index in [9.17, 15) is 9.59 Å². The van der Waals surface area contributed by atoms with Crippen LogP contribution >= 0.6 is 11.8 Å². The number of nitrogens with one attached hydrogen (secondary N) is 1. The number of para-hydroxylation sites is 2. The molecule has 1 amide bonds. The van der Waals surface area contributed by atoms with Crippen LogP contribution in [0.15, 0.2) is 52.4 Å². The summed E-state index contributed by atoms with van der Waals surface area (Å²) in [5, 5.41) is 12.3. The first-order valence-electron chi connectivity index (χ1n) is 8.47. The Bertz CT molecular complexity index is 1190. The van der Waals surface area contributed by atoms with Crippen molar-refractivity contribution in [2.45, 2.75) is 6.92 Å². The maximum Gasteiger partial charge on any atom is 0.335 e. The number of hydrogen-bond acceptors (Lipinski definition) is 5. The number of thioether (sulfide) groups is 1. The summed E-state index contributed by atoms with van der Waals surface area (Å²) in [5.41, 5.74) is 3.31. The Balaban J connectivity index is 1.66. The van der Waals surface area contributed by atoms with E-state index in [4.69, 9.17) is 5.11 Å². The number of aryl methyl sites for hydroxylation is 2. The summed E-state index contributed by atoms with van der Waals surface area (Å²) < 4.78 is 1.92. The van der Waals surface area contributed by atoms with Gasteiger partial charge in [-0.3, -0.25) is 4.79 Å². The molecule has 8 heteroatoms. The number of benzene rings is 2. The molecule has 3 aromatic rings. The van der Waals surface area contributed by atoms with Crippen molar-refractivity contribution < 1.29 is 14.7 Å². The summed E-state index contributed by atoms with van der Waals surface area (Å²) in [5.74, 6) is -0.612. The molecule has 0 unspecified atom stereocenters. The molecule has 1 aliphatic rings. The van der Waals surface area contributed by atoms with E-state index >= 15 is 0 Å². The van der Waals surface area contributed by atoms with Crippen LogP contribution in [0.3, 0.4) is 0 Å². The zero-order valence-electron chi connectivity index (χ0n) is 15.1. The Hall–Kier alpha value is -3.39. The molecular weight excluding hydrogens is 376 g/mol. The highest BCUT2D eigenvalue weighted by Gasteiger charge is 2.25. The van der Waals surface area contributed by atoms with Gasteiger partial charge in [0.05, 0.1) is 27.2 Å². The molecule has 0 radical (unpaired) electrons. The second kappa shape index (κ2) is 6.97. The number of carboxylic acids is 1. The number of nitrogens with zero attached hydrogens (tertiary/aromatic N) is 3. The smallest absolute Gasteiger partial charge is 0.335 e. The number of amidine groups is 1. The number of carboxylic acid groups (broad SMARTS) is 1. The predicted octanol–water partition coefficient (Wildman–Crippen LogP) is 3.47. The Morgan fingerprint density at radius 1 is 1.29 bits per heavy atom. The van der Waals surface area contributed by atoms with Crippen LogP contribution < -0.4 is 5.32 Å². The average molecular weight is 392 g/mol. The van der Waals surface area contributed by atoms with Crippen LogP contribution in [0.2, 0.25) is 0 Å². The Morgan fingerprint density at radius 2 is 2.07 bits per heavy atom. The van der Waals surface area contributed by atoms with Crippen molar-refractivity contribution >= 4 is 51.6 Å². The molecule has 0 aliphatic carbocycles. The molecule has 0 spiro atoms. The third-order valence-corrected chi connectivity index (χ3v) is 5.32. The van der Waals surface area contributed by atoms with E-state index in [0.29, 0.717) is 21.6 Å². The van der Waals surface area contributed by atoms with Gasteiger partial charge >= 0.3 is 5.97 Å². The maximum absolute atomic E-state index is 12.4. The standard InChI is InChI=1S/C20H16N4O3S/c1-11-7-8-12(19(26)27)9-14(11)22-20-23-18(25)16(28-20)10-17-21-13-5-3-4-6-15(13)24(17)2/h3-10H,1-2H3,(H,26,27)(H,22,23,25). The minimum atomic E-state index is -1.02. The number of amides is 1. The van der Waals surface area contributed by atoms with Gasteiger partial charge < -0.3 is 15.0 Å². The highest BCUT2D eigenvalue weighted by atomic mass is 32.2. The van der Waals surface area contributed by atoms with Crippen molar-refractivity contribution in [3.8, 4) is 0 Å². The van der Waals surface area contributed by atoms with Gasteiger partial charge in [0.2, 0.25) is 0 Å². The topological polar surface area (TPSA) is 96.6 Å². The normalized spacial score (nSPS) is 16.9. The summed E-state index contributed by atoms with van der Waals surface area (Å²) >= 11 is 1.20. The molecule has 2 heterocycles. The molecule has 1 fully saturated rings. The Labute approximate surface area is 164 Å². The Morgan fingerprint density at radius 3 is 2.82 bits per heavy atom. The van der Waals surface area contributed by atoms with E-state index in [1.807, 2.05) is 42.8 Å². The molecule has 28 heavy (non-hydrogen) atoms. The lowest BCUT2D eigenvalue weighted by Gasteiger charge is -2.03. The SMILES string of the molecule is Cc1ccc(C(=O)O)cc1N=C1NC(=O)C(=Cc2nc3ccccc3n2C)S1. The van der Waals surface area contributed by atoms with Crippen LogP contribution in [-0.2, 0) is 11.8 Å². The molecule has 2 aromatic carbocycles. The minimum absolute atomic E-state index is 0.148. The van der Waals surface area contributed by atoms with Gasteiger partial charge in [-0.25, -0.2) is 14.8 Å². The van der Waals surface area contributed by atoms with E-state index in [0.717, 1.165) is 16.6 Å². The van der Waals surface area contributed by atoms with Crippen LogP contribution in [0.5, 0.6) is 0 Å². The van der Waals surface area contributed by atoms with E-state index in [1.54, 1.807) is 12.1 Å². The fraction of sp³-hybridized carbons (Fsp3) is 0.100. The molecule has 1 aliphatic heterocycles. The van der Waals surface area contributed by atoms with Gasteiger partial charge in [-0.15, -0.1) is 0 Å². The van der Waals surface area contributed by atoms with E-state index < -0.39 is 5.97 Å². The van der Waals surface area contributed by atoms with Crippen LogP contribution in [0.1, 0.15) is 21.7 Å². The van der Waals surface area contributed by atoms with Crippen molar-refractivity contribution in [2.75, 3.05) is 0 Å². The highest BCUT2D eigenvalue weighted by Crippen LogP contribution is 2.30. The Kier molecular flexibility index (Phi) is 4.48. The molecule has 1 aromatic heterocycles. The van der Waals surface area contributed by atoms with Crippen molar-refractivity contribution in [3.05, 3.63) is 64.3 Å². The molecule has 0 bridgehead atoms.